The maximum absolute atomic E-state index is 13.5. The number of aliphatic hydroxyl groups is 1. The molecule has 0 heterocycles. The topological polar surface area (TPSA) is 75.4 Å². The minimum Gasteiger partial charge on any atom is -0.394 e. The summed E-state index contributed by atoms with van der Waals surface area (Å²) < 4.78 is 13.5. The van der Waals surface area contributed by atoms with Crippen LogP contribution in [0.5, 0.6) is 0 Å². The van der Waals surface area contributed by atoms with Crippen molar-refractivity contribution in [2.24, 2.45) is 0 Å². The van der Waals surface area contributed by atoms with Gasteiger partial charge in [-0.15, -0.1) is 0 Å². The van der Waals surface area contributed by atoms with Gasteiger partial charge in [0.05, 0.1) is 23.1 Å². The van der Waals surface area contributed by atoms with Crippen molar-refractivity contribution in [2.75, 3.05) is 11.9 Å². The second-order valence-corrected chi connectivity index (χ2v) is 5.50. The Morgan fingerprint density at radius 3 is 2.60 bits per heavy atom. The van der Waals surface area contributed by atoms with Gasteiger partial charge in [0, 0.05) is 0 Å². The van der Waals surface area contributed by atoms with E-state index in [1.807, 2.05) is 0 Å². The van der Waals surface area contributed by atoms with Gasteiger partial charge in [0.25, 0.3) is 5.69 Å². The molecule has 0 bridgehead atoms. The third-order valence-corrected chi connectivity index (χ3v) is 3.99. The van der Waals surface area contributed by atoms with Crippen LogP contribution in [-0.4, -0.2) is 22.2 Å². The molecule has 2 N–H and O–H groups in total. The average molecular weight is 282 g/mol. The molecule has 0 atom stereocenters. The van der Waals surface area contributed by atoms with E-state index in [1.165, 1.54) is 6.07 Å². The van der Waals surface area contributed by atoms with Crippen LogP contribution in [0, 0.1) is 22.9 Å². The SMILES string of the molecule is Cc1cc(NC2(CO)CCCCC2)c([N+](=O)[O-])cc1F. The van der Waals surface area contributed by atoms with Crippen LogP contribution in [0.4, 0.5) is 15.8 Å². The lowest BCUT2D eigenvalue weighted by molar-refractivity contribution is -0.384. The van der Waals surface area contributed by atoms with Crippen LogP contribution < -0.4 is 5.32 Å². The zero-order chi connectivity index (χ0) is 14.8. The molecular weight excluding hydrogens is 263 g/mol. The molecule has 1 fully saturated rings. The Hall–Kier alpha value is -1.69. The van der Waals surface area contributed by atoms with Crippen LogP contribution in [0.1, 0.15) is 37.7 Å². The van der Waals surface area contributed by atoms with E-state index >= 15 is 0 Å². The van der Waals surface area contributed by atoms with Crippen LogP contribution in [0.25, 0.3) is 0 Å². The van der Waals surface area contributed by atoms with Gasteiger partial charge >= 0.3 is 0 Å². The van der Waals surface area contributed by atoms with Crippen molar-refractivity contribution >= 4 is 11.4 Å². The van der Waals surface area contributed by atoms with Crippen molar-refractivity contribution in [1.29, 1.82) is 0 Å². The molecule has 6 heteroatoms. The predicted molar refractivity (Wildman–Crippen MR) is 74.3 cm³/mol. The summed E-state index contributed by atoms with van der Waals surface area (Å²) in [4.78, 5) is 10.5. The molecule has 5 nitrogen and oxygen atoms in total. The molecule has 1 aromatic rings. The van der Waals surface area contributed by atoms with Crippen LogP contribution in [-0.2, 0) is 0 Å². The number of nitrogens with zero attached hydrogens (tertiary/aromatic N) is 1. The minimum atomic E-state index is -0.598. The summed E-state index contributed by atoms with van der Waals surface area (Å²) in [5, 5.41) is 23.8. The van der Waals surface area contributed by atoms with Crippen molar-refractivity contribution in [2.45, 2.75) is 44.6 Å². The summed E-state index contributed by atoms with van der Waals surface area (Å²) in [6.07, 6.45) is 4.57. The Morgan fingerprint density at radius 2 is 2.05 bits per heavy atom. The summed E-state index contributed by atoms with van der Waals surface area (Å²) >= 11 is 0. The maximum Gasteiger partial charge on any atom is 0.295 e. The number of nitrogens with one attached hydrogen (secondary N) is 1. The summed E-state index contributed by atoms with van der Waals surface area (Å²) in [6.45, 7) is 1.48. The van der Waals surface area contributed by atoms with E-state index in [0.29, 0.717) is 5.56 Å². The molecular formula is C14H19FN2O3. The van der Waals surface area contributed by atoms with Crippen molar-refractivity contribution in [1.82, 2.24) is 0 Å². The lowest BCUT2D eigenvalue weighted by atomic mass is 9.82. The van der Waals surface area contributed by atoms with Crippen LogP contribution in [0.15, 0.2) is 12.1 Å². The average Bonchev–Trinajstić information content (AvgIpc) is 2.43. The first-order chi connectivity index (χ1) is 9.47. The first-order valence-corrected chi connectivity index (χ1v) is 6.81. The van der Waals surface area contributed by atoms with Gasteiger partial charge in [-0.2, -0.15) is 0 Å². The van der Waals surface area contributed by atoms with Crippen molar-refractivity contribution < 1.29 is 14.4 Å². The largest absolute Gasteiger partial charge is 0.394 e. The minimum absolute atomic E-state index is 0.0828. The normalized spacial score (nSPS) is 17.8. The Balaban J connectivity index is 2.36. The fourth-order valence-electron chi connectivity index (χ4n) is 2.76. The Labute approximate surface area is 117 Å². The number of aliphatic hydroxyl groups excluding tert-OH is 1. The van der Waals surface area contributed by atoms with E-state index in [2.05, 4.69) is 5.32 Å². The number of anilines is 1. The van der Waals surface area contributed by atoms with E-state index in [-0.39, 0.29) is 18.0 Å². The fraction of sp³-hybridized carbons (Fsp3) is 0.571. The van der Waals surface area contributed by atoms with Gasteiger partial charge in [0.15, 0.2) is 0 Å². The molecule has 110 valence electrons. The Morgan fingerprint density at radius 1 is 1.40 bits per heavy atom. The molecule has 0 aromatic heterocycles. The van der Waals surface area contributed by atoms with Gasteiger partial charge in [-0.25, -0.2) is 4.39 Å². The van der Waals surface area contributed by atoms with Gasteiger partial charge in [-0.05, 0) is 31.4 Å². The molecule has 1 aromatic carbocycles. The van der Waals surface area contributed by atoms with Crippen molar-refractivity contribution in [3.63, 3.8) is 0 Å². The van der Waals surface area contributed by atoms with E-state index in [9.17, 15) is 19.6 Å². The number of halogens is 1. The van der Waals surface area contributed by atoms with Crippen molar-refractivity contribution in [3.05, 3.63) is 33.6 Å². The predicted octanol–water partition coefficient (Wildman–Crippen LogP) is 3.15. The number of nitro groups is 1. The zero-order valence-corrected chi connectivity index (χ0v) is 11.5. The van der Waals surface area contributed by atoms with Crippen LogP contribution in [0.3, 0.4) is 0 Å². The van der Waals surface area contributed by atoms with Gasteiger partial charge < -0.3 is 10.4 Å². The van der Waals surface area contributed by atoms with Gasteiger partial charge in [0.2, 0.25) is 0 Å². The number of benzene rings is 1. The molecule has 2 rings (SSSR count). The van der Waals surface area contributed by atoms with Gasteiger partial charge in [0.1, 0.15) is 11.5 Å². The third kappa shape index (κ3) is 2.90. The molecule has 0 saturated heterocycles. The number of rotatable bonds is 4. The van der Waals surface area contributed by atoms with Crippen molar-refractivity contribution in [3.8, 4) is 0 Å². The first kappa shape index (κ1) is 14.7. The van der Waals surface area contributed by atoms with E-state index in [0.717, 1.165) is 38.2 Å². The monoisotopic (exact) mass is 282 g/mol. The summed E-state index contributed by atoms with van der Waals surface area (Å²) in [6, 6.07) is 2.38. The van der Waals surface area contributed by atoms with Gasteiger partial charge in [-0.1, -0.05) is 19.3 Å². The second kappa shape index (κ2) is 5.75. The highest BCUT2D eigenvalue weighted by Gasteiger charge is 2.33. The highest BCUT2D eigenvalue weighted by molar-refractivity contribution is 5.64. The summed E-state index contributed by atoms with van der Waals surface area (Å²) in [5.41, 5.74) is -0.189. The molecule has 0 aliphatic heterocycles. The maximum atomic E-state index is 13.5. The molecule has 20 heavy (non-hydrogen) atoms. The highest BCUT2D eigenvalue weighted by atomic mass is 19.1. The van der Waals surface area contributed by atoms with Gasteiger partial charge in [-0.3, -0.25) is 10.1 Å². The Bertz CT molecular complexity index is 513. The molecule has 0 radical (unpaired) electrons. The molecule has 0 unspecified atom stereocenters. The van der Waals surface area contributed by atoms with Crippen LogP contribution in [0.2, 0.25) is 0 Å². The number of nitro benzene ring substituents is 1. The fourth-order valence-corrected chi connectivity index (χ4v) is 2.76. The lowest BCUT2D eigenvalue weighted by Crippen LogP contribution is -2.44. The molecule has 0 amide bonds. The van der Waals surface area contributed by atoms with E-state index in [4.69, 9.17) is 0 Å². The highest BCUT2D eigenvalue weighted by Crippen LogP contribution is 2.35. The summed E-state index contributed by atoms with van der Waals surface area (Å²) in [5.74, 6) is -0.594. The lowest BCUT2D eigenvalue weighted by Gasteiger charge is -2.37. The Kier molecular flexibility index (Phi) is 4.23. The second-order valence-electron chi connectivity index (χ2n) is 5.50. The quantitative estimate of drug-likeness (QED) is 0.657. The van der Waals surface area contributed by atoms with Crippen LogP contribution >= 0.6 is 0 Å². The standard InChI is InChI=1S/C14H19FN2O3/c1-10-7-12(13(17(19)20)8-11(10)15)16-14(9-18)5-3-2-4-6-14/h7-8,16,18H,2-6,9H2,1H3. The smallest absolute Gasteiger partial charge is 0.295 e. The number of hydrogen-bond donors (Lipinski definition) is 2. The molecule has 1 saturated carbocycles. The number of aryl methyl sites for hydroxylation is 1. The number of hydrogen-bond acceptors (Lipinski definition) is 4. The molecule has 1 aliphatic carbocycles. The zero-order valence-electron chi connectivity index (χ0n) is 11.5. The van der Waals surface area contributed by atoms with E-state index < -0.39 is 16.3 Å². The third-order valence-electron chi connectivity index (χ3n) is 3.99. The molecule has 1 aliphatic rings. The molecule has 0 spiro atoms. The first-order valence-electron chi connectivity index (χ1n) is 6.81. The summed E-state index contributed by atoms with van der Waals surface area (Å²) in [7, 11) is 0. The van der Waals surface area contributed by atoms with E-state index in [1.54, 1.807) is 6.92 Å².